The predicted octanol–water partition coefficient (Wildman–Crippen LogP) is 8.26. The largest absolute Gasteiger partial charge is 0.352 e. The molecular weight excluding hydrogens is 517 g/mol. The van der Waals surface area contributed by atoms with Gasteiger partial charge < -0.3 is 9.05 Å². The Hall–Kier alpha value is -3.80. The lowest BCUT2D eigenvalue weighted by Gasteiger charge is -2.27. The van der Waals surface area contributed by atoms with Crippen LogP contribution >= 0.6 is 7.60 Å². The van der Waals surface area contributed by atoms with E-state index in [1.165, 1.54) is 0 Å². The van der Waals surface area contributed by atoms with Gasteiger partial charge in [-0.25, -0.2) is 4.68 Å². The highest BCUT2D eigenvalue weighted by atomic mass is 31.2. The molecule has 0 aliphatic heterocycles. The molecular formula is C33H34N3O3P. The monoisotopic (exact) mass is 551 g/mol. The number of aromatic nitrogens is 2. The molecule has 7 heteroatoms. The van der Waals surface area contributed by atoms with Crippen LogP contribution in [0.15, 0.2) is 121 Å². The maximum atomic E-state index is 14.4. The van der Waals surface area contributed by atoms with Crippen molar-refractivity contribution in [3.63, 3.8) is 0 Å². The van der Waals surface area contributed by atoms with Gasteiger partial charge in [-0.2, -0.15) is 5.10 Å². The second-order valence-corrected chi connectivity index (χ2v) is 11.4. The van der Waals surface area contributed by atoms with Crippen LogP contribution in [0.25, 0.3) is 28.1 Å². The van der Waals surface area contributed by atoms with Crippen LogP contribution in [0, 0.1) is 0 Å². The molecule has 0 amide bonds. The first-order chi connectivity index (χ1) is 19.6. The lowest BCUT2D eigenvalue weighted by molar-refractivity contribution is 0.207. The molecule has 40 heavy (non-hydrogen) atoms. The van der Waals surface area contributed by atoms with Crippen molar-refractivity contribution >= 4 is 7.60 Å². The third-order valence-corrected chi connectivity index (χ3v) is 8.93. The van der Waals surface area contributed by atoms with Crippen molar-refractivity contribution in [2.24, 2.45) is 0 Å². The van der Waals surface area contributed by atoms with E-state index in [-0.39, 0.29) is 13.2 Å². The van der Waals surface area contributed by atoms with Crippen LogP contribution in [0.1, 0.15) is 30.8 Å². The Morgan fingerprint density at radius 3 is 1.85 bits per heavy atom. The van der Waals surface area contributed by atoms with E-state index in [0.29, 0.717) is 12.2 Å². The summed E-state index contributed by atoms with van der Waals surface area (Å²) in [5, 5.41) is 8.52. The summed E-state index contributed by atoms with van der Waals surface area (Å²) < 4.78 is 28.0. The molecule has 1 heterocycles. The molecule has 0 saturated carbocycles. The summed E-state index contributed by atoms with van der Waals surface area (Å²) in [6, 6.07) is 38.5. The zero-order valence-corrected chi connectivity index (χ0v) is 23.7. The van der Waals surface area contributed by atoms with Gasteiger partial charge in [0.15, 0.2) is 0 Å². The lowest BCUT2D eigenvalue weighted by Crippen LogP contribution is -2.23. The number of nitrogens with zero attached hydrogens (tertiary/aromatic N) is 2. The Labute approximate surface area is 236 Å². The number of rotatable bonds is 12. The number of para-hydroxylation sites is 1. The van der Waals surface area contributed by atoms with E-state index in [1.807, 2.05) is 104 Å². The zero-order chi connectivity index (χ0) is 27.8. The van der Waals surface area contributed by atoms with Crippen LogP contribution in [-0.4, -0.2) is 23.0 Å². The molecule has 0 fully saturated rings. The maximum Gasteiger partial charge on any atom is 0.352 e. The Bertz CT molecular complexity index is 1530. The van der Waals surface area contributed by atoms with E-state index in [1.54, 1.807) is 0 Å². The second-order valence-electron chi connectivity index (χ2n) is 9.30. The molecule has 1 N–H and O–H groups in total. The molecule has 204 valence electrons. The van der Waals surface area contributed by atoms with Gasteiger partial charge in [0.05, 0.1) is 24.6 Å². The Morgan fingerprint density at radius 2 is 1.25 bits per heavy atom. The van der Waals surface area contributed by atoms with Gasteiger partial charge >= 0.3 is 7.60 Å². The zero-order valence-electron chi connectivity index (χ0n) is 22.8. The van der Waals surface area contributed by atoms with Crippen molar-refractivity contribution in [3.8, 4) is 28.1 Å². The summed E-state index contributed by atoms with van der Waals surface area (Å²) in [5.74, 6) is -0.742. The van der Waals surface area contributed by atoms with E-state index in [0.717, 1.165) is 33.5 Å². The molecule has 4 aromatic carbocycles. The highest BCUT2D eigenvalue weighted by molar-refractivity contribution is 7.54. The van der Waals surface area contributed by atoms with Crippen molar-refractivity contribution in [2.45, 2.75) is 26.2 Å². The number of hydrogen-bond acceptors (Lipinski definition) is 5. The minimum Gasteiger partial charge on any atom is -0.308 e. The van der Waals surface area contributed by atoms with Crippen LogP contribution in [0.5, 0.6) is 0 Å². The van der Waals surface area contributed by atoms with Crippen LogP contribution < -0.4 is 5.32 Å². The molecule has 0 saturated heterocycles. The van der Waals surface area contributed by atoms with Crippen molar-refractivity contribution < 1.29 is 13.6 Å². The molecule has 1 atom stereocenters. The van der Waals surface area contributed by atoms with E-state index in [9.17, 15) is 4.57 Å². The first-order valence-electron chi connectivity index (χ1n) is 13.6. The summed E-state index contributed by atoms with van der Waals surface area (Å²) >= 11 is 0. The SMILES string of the molecule is CCOP(=O)(OCC)[C@H](NCc1ccccc1)c1cn(-c2ccccc2)nc1-c1ccc(-c2ccccc2)cc1. The summed E-state index contributed by atoms with van der Waals surface area (Å²) in [6.45, 7) is 4.66. The normalized spacial score (nSPS) is 12.3. The van der Waals surface area contributed by atoms with E-state index < -0.39 is 13.4 Å². The predicted molar refractivity (Wildman–Crippen MR) is 161 cm³/mol. The molecule has 1 aromatic heterocycles. The summed E-state index contributed by atoms with van der Waals surface area (Å²) in [7, 11) is -3.64. The Kier molecular flexibility index (Phi) is 9.04. The van der Waals surface area contributed by atoms with Crippen LogP contribution in [0.2, 0.25) is 0 Å². The number of hydrogen-bond donors (Lipinski definition) is 1. The highest BCUT2D eigenvalue weighted by Crippen LogP contribution is 2.60. The summed E-state index contributed by atoms with van der Waals surface area (Å²) in [4.78, 5) is 0. The van der Waals surface area contributed by atoms with Gasteiger partial charge in [-0.05, 0) is 42.7 Å². The van der Waals surface area contributed by atoms with Gasteiger partial charge in [-0.1, -0.05) is 103 Å². The average molecular weight is 552 g/mol. The quantitative estimate of drug-likeness (QED) is 0.158. The molecule has 0 aliphatic rings. The van der Waals surface area contributed by atoms with E-state index in [2.05, 4.69) is 41.7 Å². The van der Waals surface area contributed by atoms with Crippen LogP contribution in [-0.2, 0) is 20.2 Å². The molecule has 0 spiro atoms. The first-order valence-corrected chi connectivity index (χ1v) is 15.2. The molecule has 0 aliphatic carbocycles. The summed E-state index contributed by atoms with van der Waals surface area (Å²) in [6.07, 6.45) is 1.93. The lowest BCUT2D eigenvalue weighted by atomic mass is 10.0. The Morgan fingerprint density at radius 1 is 0.725 bits per heavy atom. The fourth-order valence-electron chi connectivity index (χ4n) is 4.72. The minimum absolute atomic E-state index is 0.259. The number of nitrogens with one attached hydrogen (secondary N) is 1. The maximum absolute atomic E-state index is 14.4. The fraction of sp³-hybridized carbons (Fsp3) is 0.182. The molecule has 0 bridgehead atoms. The standard InChI is InChI=1S/C33H34N3O3P/c1-3-38-40(37,39-4-2)33(34-24-26-14-8-5-9-15-26)31-25-36(30-18-12-7-13-19-30)35-32(31)29-22-20-28(21-23-29)27-16-10-6-11-17-27/h5-23,25,33-34H,3-4,24H2,1-2H3/t33-/m0/s1. The molecule has 6 nitrogen and oxygen atoms in total. The van der Waals surface area contributed by atoms with E-state index in [4.69, 9.17) is 14.1 Å². The van der Waals surface area contributed by atoms with Gasteiger partial charge in [0.2, 0.25) is 0 Å². The first kappa shape index (κ1) is 27.8. The molecule has 0 unspecified atom stereocenters. The molecule has 5 rings (SSSR count). The van der Waals surface area contributed by atoms with Crippen LogP contribution in [0.3, 0.4) is 0 Å². The third kappa shape index (κ3) is 6.33. The van der Waals surface area contributed by atoms with Crippen molar-refractivity contribution in [2.75, 3.05) is 13.2 Å². The summed E-state index contributed by atoms with van der Waals surface area (Å²) in [5.41, 5.74) is 6.60. The van der Waals surface area contributed by atoms with Gasteiger partial charge in [0.1, 0.15) is 5.78 Å². The van der Waals surface area contributed by atoms with Gasteiger partial charge in [0.25, 0.3) is 0 Å². The second kappa shape index (κ2) is 13.0. The van der Waals surface area contributed by atoms with Gasteiger partial charge in [-0.3, -0.25) is 9.88 Å². The molecule has 5 aromatic rings. The fourth-order valence-corrected chi connectivity index (χ4v) is 6.66. The smallest absolute Gasteiger partial charge is 0.308 e. The van der Waals surface area contributed by atoms with Gasteiger partial charge in [0, 0.05) is 23.9 Å². The van der Waals surface area contributed by atoms with Gasteiger partial charge in [-0.15, -0.1) is 0 Å². The average Bonchev–Trinajstić information content (AvgIpc) is 3.44. The van der Waals surface area contributed by atoms with Crippen LogP contribution in [0.4, 0.5) is 0 Å². The minimum atomic E-state index is -3.64. The van der Waals surface area contributed by atoms with Crippen molar-refractivity contribution in [1.29, 1.82) is 0 Å². The topological polar surface area (TPSA) is 65.4 Å². The third-order valence-electron chi connectivity index (χ3n) is 6.60. The van der Waals surface area contributed by atoms with Crippen molar-refractivity contribution in [3.05, 3.63) is 133 Å². The van der Waals surface area contributed by atoms with E-state index >= 15 is 0 Å². The Balaban J connectivity index is 1.62. The highest BCUT2D eigenvalue weighted by Gasteiger charge is 2.39. The molecule has 0 radical (unpaired) electrons. The van der Waals surface area contributed by atoms with Crippen molar-refractivity contribution in [1.82, 2.24) is 15.1 Å². The number of benzene rings is 4.